The van der Waals surface area contributed by atoms with E-state index in [4.69, 9.17) is 4.74 Å². The molecular weight excluding hydrogens is 342 g/mol. The van der Waals surface area contributed by atoms with Crippen molar-refractivity contribution in [3.05, 3.63) is 52.3 Å². The third-order valence-corrected chi connectivity index (χ3v) is 4.72. The minimum absolute atomic E-state index is 0.108. The van der Waals surface area contributed by atoms with Gasteiger partial charge in [0.05, 0.1) is 17.9 Å². The molecule has 0 saturated heterocycles. The van der Waals surface area contributed by atoms with Gasteiger partial charge in [-0.25, -0.2) is 4.79 Å². The van der Waals surface area contributed by atoms with Crippen LogP contribution in [0.25, 0.3) is 0 Å². The van der Waals surface area contributed by atoms with Crippen molar-refractivity contribution in [1.82, 2.24) is 15.1 Å². The first-order valence-electron chi connectivity index (χ1n) is 9.41. The molecule has 1 aromatic heterocycles. The van der Waals surface area contributed by atoms with Crippen molar-refractivity contribution >= 4 is 11.9 Å². The predicted molar refractivity (Wildman–Crippen MR) is 105 cm³/mol. The summed E-state index contributed by atoms with van der Waals surface area (Å²) < 4.78 is 7.01. The van der Waals surface area contributed by atoms with Crippen molar-refractivity contribution in [2.75, 3.05) is 6.61 Å². The van der Waals surface area contributed by atoms with Gasteiger partial charge in [-0.3, -0.25) is 9.48 Å². The number of aromatic nitrogens is 2. The third-order valence-electron chi connectivity index (χ3n) is 4.72. The predicted octanol–water partition coefficient (Wildman–Crippen LogP) is 3.32. The number of amides is 1. The van der Waals surface area contributed by atoms with E-state index in [9.17, 15) is 9.59 Å². The van der Waals surface area contributed by atoms with E-state index in [1.54, 1.807) is 11.6 Å². The zero-order valence-electron chi connectivity index (χ0n) is 16.8. The fourth-order valence-electron chi connectivity index (χ4n) is 2.98. The van der Waals surface area contributed by atoms with Crippen LogP contribution in [0.2, 0.25) is 0 Å². The largest absolute Gasteiger partial charge is 0.452 e. The molecular formula is C21H29N3O3. The number of rotatable bonds is 8. The van der Waals surface area contributed by atoms with E-state index < -0.39 is 5.97 Å². The van der Waals surface area contributed by atoms with Gasteiger partial charge in [-0.1, -0.05) is 43.7 Å². The van der Waals surface area contributed by atoms with Crippen molar-refractivity contribution in [2.45, 2.75) is 60.0 Å². The summed E-state index contributed by atoms with van der Waals surface area (Å²) >= 11 is 0. The maximum absolute atomic E-state index is 12.5. The number of carbonyl (C=O) groups is 2. The van der Waals surface area contributed by atoms with Gasteiger partial charge in [0.2, 0.25) is 0 Å². The second-order valence-corrected chi connectivity index (χ2v) is 6.85. The summed E-state index contributed by atoms with van der Waals surface area (Å²) in [4.78, 5) is 24.4. The summed E-state index contributed by atoms with van der Waals surface area (Å²) in [5, 5.41) is 7.32. The van der Waals surface area contributed by atoms with Crippen molar-refractivity contribution in [3.8, 4) is 0 Å². The Morgan fingerprint density at radius 3 is 2.33 bits per heavy atom. The van der Waals surface area contributed by atoms with Crippen LogP contribution in [-0.4, -0.2) is 34.3 Å². The molecule has 6 heteroatoms. The highest BCUT2D eigenvalue weighted by molar-refractivity contribution is 5.93. The first-order chi connectivity index (χ1) is 12.8. The lowest BCUT2D eigenvalue weighted by atomic mass is 10.1. The van der Waals surface area contributed by atoms with Gasteiger partial charge >= 0.3 is 5.97 Å². The van der Waals surface area contributed by atoms with Crippen molar-refractivity contribution < 1.29 is 14.3 Å². The van der Waals surface area contributed by atoms with E-state index in [1.807, 2.05) is 39.8 Å². The van der Waals surface area contributed by atoms with Crippen molar-refractivity contribution in [1.29, 1.82) is 0 Å². The molecule has 6 nitrogen and oxygen atoms in total. The Balaban J connectivity index is 2.03. The van der Waals surface area contributed by atoms with Crippen LogP contribution in [0.5, 0.6) is 0 Å². The highest BCUT2D eigenvalue weighted by atomic mass is 16.5. The Morgan fingerprint density at radius 2 is 1.74 bits per heavy atom. The quantitative estimate of drug-likeness (QED) is 0.723. The van der Waals surface area contributed by atoms with Gasteiger partial charge in [-0.05, 0) is 39.2 Å². The van der Waals surface area contributed by atoms with E-state index in [1.165, 1.54) is 5.56 Å². The van der Waals surface area contributed by atoms with Crippen LogP contribution in [0, 0.1) is 20.8 Å². The zero-order chi connectivity index (χ0) is 20.0. The smallest absolute Gasteiger partial charge is 0.342 e. The summed E-state index contributed by atoms with van der Waals surface area (Å²) in [5.41, 5.74) is 4.07. The van der Waals surface area contributed by atoms with Crippen LogP contribution >= 0.6 is 0 Å². The molecule has 1 heterocycles. The Labute approximate surface area is 160 Å². The van der Waals surface area contributed by atoms with Crippen LogP contribution in [-0.2, 0) is 16.1 Å². The number of nitrogens with zero attached hydrogens (tertiary/aromatic N) is 2. The van der Waals surface area contributed by atoms with Gasteiger partial charge in [-0.2, -0.15) is 5.10 Å². The SMILES string of the molecule is CCC(CC)NC(=O)COC(=O)c1c(C)nn(Cc2ccc(C)cc2)c1C. The fraction of sp³-hybridized carbons (Fsp3) is 0.476. The molecule has 0 bridgehead atoms. The maximum Gasteiger partial charge on any atom is 0.342 e. The van der Waals surface area contributed by atoms with E-state index in [-0.39, 0.29) is 18.6 Å². The maximum atomic E-state index is 12.5. The Bertz CT molecular complexity index is 790. The molecule has 27 heavy (non-hydrogen) atoms. The number of hydrogen-bond acceptors (Lipinski definition) is 4. The molecule has 0 aliphatic heterocycles. The summed E-state index contributed by atoms with van der Waals surface area (Å²) in [7, 11) is 0. The van der Waals surface area contributed by atoms with Crippen LogP contribution in [0.15, 0.2) is 24.3 Å². The van der Waals surface area contributed by atoms with Crippen LogP contribution in [0.3, 0.4) is 0 Å². The van der Waals surface area contributed by atoms with Crippen LogP contribution in [0.1, 0.15) is 59.6 Å². The van der Waals surface area contributed by atoms with Gasteiger partial charge in [-0.15, -0.1) is 0 Å². The molecule has 1 amide bonds. The highest BCUT2D eigenvalue weighted by Gasteiger charge is 2.21. The molecule has 0 unspecified atom stereocenters. The minimum atomic E-state index is -0.514. The summed E-state index contributed by atoms with van der Waals surface area (Å²) in [6, 6.07) is 8.30. The number of carbonyl (C=O) groups excluding carboxylic acids is 2. The monoisotopic (exact) mass is 371 g/mol. The zero-order valence-corrected chi connectivity index (χ0v) is 16.8. The van der Waals surface area contributed by atoms with E-state index in [0.29, 0.717) is 17.8 Å². The van der Waals surface area contributed by atoms with Crippen LogP contribution < -0.4 is 5.32 Å². The minimum Gasteiger partial charge on any atom is -0.452 e. The molecule has 0 aliphatic carbocycles. The number of nitrogens with one attached hydrogen (secondary N) is 1. The Morgan fingerprint density at radius 1 is 1.11 bits per heavy atom. The normalized spacial score (nSPS) is 10.9. The lowest BCUT2D eigenvalue weighted by Crippen LogP contribution is -2.36. The average Bonchev–Trinajstić information content (AvgIpc) is 2.93. The molecule has 1 aromatic carbocycles. The number of aryl methyl sites for hydroxylation is 2. The lowest BCUT2D eigenvalue weighted by Gasteiger charge is -2.14. The molecule has 2 aromatic rings. The number of esters is 1. The number of hydrogen-bond donors (Lipinski definition) is 1. The Kier molecular flexibility index (Phi) is 7.16. The Hall–Kier alpha value is -2.63. The fourth-order valence-corrected chi connectivity index (χ4v) is 2.98. The van der Waals surface area contributed by atoms with Gasteiger partial charge < -0.3 is 10.1 Å². The molecule has 0 fully saturated rings. The molecule has 2 rings (SSSR count). The topological polar surface area (TPSA) is 73.2 Å². The molecule has 1 N–H and O–H groups in total. The molecule has 146 valence electrons. The molecule has 0 spiro atoms. The van der Waals surface area contributed by atoms with Crippen molar-refractivity contribution in [2.24, 2.45) is 0 Å². The van der Waals surface area contributed by atoms with Crippen LogP contribution in [0.4, 0.5) is 0 Å². The summed E-state index contributed by atoms with van der Waals surface area (Å²) in [6.07, 6.45) is 1.69. The van der Waals surface area contributed by atoms with E-state index in [2.05, 4.69) is 22.5 Å². The third kappa shape index (κ3) is 5.42. The van der Waals surface area contributed by atoms with E-state index in [0.717, 1.165) is 24.1 Å². The molecule has 0 atom stereocenters. The van der Waals surface area contributed by atoms with Crippen molar-refractivity contribution in [3.63, 3.8) is 0 Å². The second-order valence-electron chi connectivity index (χ2n) is 6.85. The summed E-state index contributed by atoms with van der Waals surface area (Å²) in [6.45, 7) is 9.98. The summed E-state index contributed by atoms with van der Waals surface area (Å²) in [5.74, 6) is -0.792. The van der Waals surface area contributed by atoms with E-state index >= 15 is 0 Å². The second kappa shape index (κ2) is 9.35. The molecule has 0 radical (unpaired) electrons. The van der Waals surface area contributed by atoms with Gasteiger partial charge in [0.15, 0.2) is 6.61 Å². The van der Waals surface area contributed by atoms with Gasteiger partial charge in [0.25, 0.3) is 5.91 Å². The molecule has 0 aliphatic rings. The van der Waals surface area contributed by atoms with Gasteiger partial charge in [0.1, 0.15) is 5.56 Å². The lowest BCUT2D eigenvalue weighted by molar-refractivity contribution is -0.125. The number of benzene rings is 1. The number of ether oxygens (including phenoxy) is 1. The first-order valence-corrected chi connectivity index (χ1v) is 9.41. The average molecular weight is 371 g/mol. The molecule has 0 saturated carbocycles. The highest BCUT2D eigenvalue weighted by Crippen LogP contribution is 2.16. The van der Waals surface area contributed by atoms with Gasteiger partial charge in [0, 0.05) is 6.04 Å². The first kappa shape index (κ1) is 20.7. The standard InChI is InChI=1S/C21H29N3O3/c1-6-18(7-2)22-19(25)13-27-21(26)20-15(4)23-24(16(20)5)12-17-10-8-14(3)9-11-17/h8-11,18H,6-7,12-13H2,1-5H3,(H,22,25).